The highest BCUT2D eigenvalue weighted by Gasteiger charge is 2.18. The van der Waals surface area contributed by atoms with Gasteiger partial charge >= 0.3 is 6.03 Å². The smallest absolute Gasteiger partial charge is 0.323 e. The summed E-state index contributed by atoms with van der Waals surface area (Å²) >= 11 is 0. The lowest BCUT2D eigenvalue weighted by molar-refractivity contribution is 0.262. The Morgan fingerprint density at radius 2 is 1.81 bits per heavy atom. The van der Waals surface area contributed by atoms with Gasteiger partial charge in [-0.15, -0.1) is 0 Å². The first-order valence-electron chi connectivity index (χ1n) is 8.66. The molecule has 8 heteroatoms. The Balaban J connectivity index is 1.76. The van der Waals surface area contributed by atoms with Crippen molar-refractivity contribution in [3.8, 4) is 0 Å². The van der Waals surface area contributed by atoms with Crippen LogP contribution in [0.25, 0.3) is 0 Å². The number of hydrogen-bond acceptors (Lipinski definition) is 5. The van der Waals surface area contributed by atoms with Gasteiger partial charge in [0.1, 0.15) is 11.5 Å². The first-order valence-corrected chi connectivity index (χ1v) is 8.66. The van der Waals surface area contributed by atoms with Crippen LogP contribution in [0.1, 0.15) is 19.3 Å². The highest BCUT2D eigenvalue weighted by molar-refractivity contribution is 6.01. The molecule has 0 radical (unpaired) electrons. The molecule has 138 valence electrons. The highest BCUT2D eigenvalue weighted by atomic mass is 19.1. The van der Waals surface area contributed by atoms with Crippen LogP contribution in [-0.2, 0) is 0 Å². The minimum Gasteiger partial charge on any atom is -0.361 e. The quantitative estimate of drug-likeness (QED) is 0.877. The van der Waals surface area contributed by atoms with Gasteiger partial charge in [-0.2, -0.15) is 4.98 Å². The number of anilines is 4. The number of hydrogen-bond donors (Lipinski definition) is 2. The number of urea groups is 1. The van der Waals surface area contributed by atoms with Crippen molar-refractivity contribution in [2.75, 3.05) is 47.6 Å². The van der Waals surface area contributed by atoms with Crippen molar-refractivity contribution in [3.05, 3.63) is 36.3 Å². The third-order valence-corrected chi connectivity index (χ3v) is 4.19. The minimum atomic E-state index is -0.549. The number of amides is 2. The molecule has 7 nitrogen and oxygen atoms in total. The van der Waals surface area contributed by atoms with E-state index in [0.717, 1.165) is 25.9 Å². The first-order chi connectivity index (χ1) is 12.5. The van der Waals surface area contributed by atoms with E-state index in [-0.39, 0.29) is 5.69 Å². The average Bonchev–Trinajstić information content (AvgIpc) is 2.64. The summed E-state index contributed by atoms with van der Waals surface area (Å²) in [4.78, 5) is 25.2. The van der Waals surface area contributed by atoms with Gasteiger partial charge in [0, 0.05) is 27.2 Å². The summed E-state index contributed by atoms with van der Waals surface area (Å²) in [7, 11) is 3.70. The number of nitrogens with zero attached hydrogens (tertiary/aromatic N) is 4. The largest absolute Gasteiger partial charge is 0.361 e. The number of carbonyl (C=O) groups is 1. The molecule has 2 amide bonds. The van der Waals surface area contributed by atoms with E-state index in [1.165, 1.54) is 18.6 Å². The second kappa shape index (κ2) is 7.99. The summed E-state index contributed by atoms with van der Waals surface area (Å²) < 4.78 is 13.7. The third-order valence-electron chi connectivity index (χ3n) is 4.19. The topological polar surface area (TPSA) is 73.4 Å². The zero-order valence-electron chi connectivity index (χ0n) is 15.0. The van der Waals surface area contributed by atoms with Crippen LogP contribution >= 0.6 is 0 Å². The van der Waals surface area contributed by atoms with Crippen LogP contribution in [0.2, 0.25) is 0 Å². The van der Waals surface area contributed by atoms with Crippen LogP contribution < -0.4 is 20.4 Å². The van der Waals surface area contributed by atoms with E-state index in [4.69, 9.17) is 0 Å². The Morgan fingerprint density at radius 1 is 1.12 bits per heavy atom. The van der Waals surface area contributed by atoms with E-state index >= 15 is 0 Å². The van der Waals surface area contributed by atoms with Crippen LogP contribution in [0.4, 0.5) is 32.3 Å². The molecule has 1 aliphatic rings. The molecule has 1 aliphatic heterocycles. The van der Waals surface area contributed by atoms with E-state index in [0.29, 0.717) is 17.5 Å². The molecule has 0 spiro atoms. The molecule has 0 unspecified atom stereocenters. The SMILES string of the molecule is CN(C)c1nc(N2CCCCC2)ncc1NC(=O)Nc1ccccc1F. The number of rotatable bonds is 4. The van der Waals surface area contributed by atoms with Gasteiger partial charge in [0.05, 0.1) is 11.9 Å². The number of piperidine rings is 1. The van der Waals surface area contributed by atoms with Gasteiger partial charge in [0.15, 0.2) is 5.82 Å². The molecule has 0 saturated carbocycles. The minimum absolute atomic E-state index is 0.113. The molecule has 3 rings (SSSR count). The fraction of sp³-hybridized carbons (Fsp3) is 0.389. The summed E-state index contributed by atoms with van der Waals surface area (Å²) in [5.74, 6) is 0.768. The van der Waals surface area contributed by atoms with Crippen molar-refractivity contribution >= 4 is 29.2 Å². The number of carbonyl (C=O) groups excluding carboxylic acids is 1. The van der Waals surface area contributed by atoms with Crippen LogP contribution in [-0.4, -0.2) is 43.2 Å². The number of halogens is 1. The lowest BCUT2D eigenvalue weighted by Gasteiger charge is -2.28. The molecule has 26 heavy (non-hydrogen) atoms. The van der Waals surface area contributed by atoms with Crippen molar-refractivity contribution in [2.45, 2.75) is 19.3 Å². The maximum absolute atomic E-state index is 13.7. The molecule has 0 aliphatic carbocycles. The van der Waals surface area contributed by atoms with Crippen LogP contribution in [0, 0.1) is 5.82 Å². The van der Waals surface area contributed by atoms with Crippen molar-refractivity contribution in [1.82, 2.24) is 9.97 Å². The maximum atomic E-state index is 13.7. The Hall–Kier alpha value is -2.90. The van der Waals surface area contributed by atoms with Gasteiger partial charge in [-0.25, -0.2) is 14.2 Å². The molecule has 2 aromatic rings. The summed E-state index contributed by atoms with van der Waals surface area (Å²) in [5, 5.41) is 5.19. The predicted octanol–water partition coefficient (Wildman–Crippen LogP) is 3.32. The number of aromatic nitrogens is 2. The van der Waals surface area contributed by atoms with E-state index in [9.17, 15) is 9.18 Å². The molecule has 1 fully saturated rings. The van der Waals surface area contributed by atoms with Gasteiger partial charge in [-0.3, -0.25) is 0 Å². The van der Waals surface area contributed by atoms with Crippen LogP contribution in [0.15, 0.2) is 30.5 Å². The molecule has 1 saturated heterocycles. The Labute approximate surface area is 152 Å². The van der Waals surface area contributed by atoms with Crippen molar-refractivity contribution < 1.29 is 9.18 Å². The predicted molar refractivity (Wildman–Crippen MR) is 101 cm³/mol. The zero-order valence-corrected chi connectivity index (χ0v) is 15.0. The fourth-order valence-electron chi connectivity index (χ4n) is 2.88. The standard InChI is InChI=1S/C18H23FN6O/c1-24(2)16-15(12-20-17(23-16)25-10-6-3-7-11-25)22-18(26)21-14-9-5-4-8-13(14)19/h4-5,8-9,12H,3,6-7,10-11H2,1-2H3,(H2,21,22,26). The molecular formula is C18H23FN6O. The Bertz CT molecular complexity index is 776. The average molecular weight is 358 g/mol. The summed E-state index contributed by atoms with van der Waals surface area (Å²) in [6.07, 6.45) is 5.08. The van der Waals surface area contributed by atoms with Crippen LogP contribution in [0.3, 0.4) is 0 Å². The van der Waals surface area contributed by atoms with Crippen molar-refractivity contribution in [1.29, 1.82) is 0 Å². The second-order valence-electron chi connectivity index (χ2n) is 6.41. The van der Waals surface area contributed by atoms with E-state index in [1.54, 1.807) is 18.3 Å². The third kappa shape index (κ3) is 4.19. The second-order valence-corrected chi connectivity index (χ2v) is 6.41. The van der Waals surface area contributed by atoms with E-state index < -0.39 is 11.8 Å². The van der Waals surface area contributed by atoms with Crippen LogP contribution in [0.5, 0.6) is 0 Å². The maximum Gasteiger partial charge on any atom is 0.323 e. The van der Waals surface area contributed by atoms with Gasteiger partial charge < -0.3 is 20.4 Å². The molecule has 2 heterocycles. The Kier molecular flexibility index (Phi) is 5.50. The lowest BCUT2D eigenvalue weighted by Crippen LogP contribution is -2.31. The summed E-state index contributed by atoms with van der Waals surface area (Å²) in [5.41, 5.74) is 0.576. The van der Waals surface area contributed by atoms with Crippen molar-refractivity contribution in [2.24, 2.45) is 0 Å². The first kappa shape index (κ1) is 17.9. The Morgan fingerprint density at radius 3 is 2.50 bits per heavy atom. The highest BCUT2D eigenvalue weighted by Crippen LogP contribution is 2.25. The van der Waals surface area contributed by atoms with Gasteiger partial charge in [0.25, 0.3) is 0 Å². The monoisotopic (exact) mass is 358 g/mol. The molecule has 1 aromatic heterocycles. The van der Waals surface area contributed by atoms with Crippen molar-refractivity contribution in [3.63, 3.8) is 0 Å². The molecule has 0 bridgehead atoms. The molecular weight excluding hydrogens is 335 g/mol. The van der Waals surface area contributed by atoms with Gasteiger partial charge in [-0.1, -0.05) is 12.1 Å². The molecule has 1 aromatic carbocycles. The lowest BCUT2D eigenvalue weighted by atomic mass is 10.1. The summed E-state index contributed by atoms with van der Waals surface area (Å²) in [6.45, 7) is 1.88. The van der Waals surface area contributed by atoms with E-state index in [1.807, 2.05) is 19.0 Å². The normalized spacial score (nSPS) is 14.0. The zero-order chi connectivity index (χ0) is 18.5. The van der Waals surface area contributed by atoms with Gasteiger partial charge in [0.2, 0.25) is 5.95 Å². The molecule has 0 atom stereocenters. The molecule has 2 N–H and O–H groups in total. The number of nitrogens with one attached hydrogen (secondary N) is 2. The summed E-state index contributed by atoms with van der Waals surface area (Å²) in [6, 6.07) is 5.46. The van der Waals surface area contributed by atoms with E-state index in [2.05, 4.69) is 25.5 Å². The number of benzene rings is 1. The number of para-hydroxylation sites is 1. The fourth-order valence-corrected chi connectivity index (χ4v) is 2.88. The van der Waals surface area contributed by atoms with Gasteiger partial charge in [-0.05, 0) is 31.4 Å².